The van der Waals surface area contributed by atoms with Crippen molar-refractivity contribution in [2.24, 2.45) is 0 Å². The Bertz CT molecular complexity index is 980. The Kier molecular flexibility index (Phi) is 3.92. The van der Waals surface area contributed by atoms with Crippen LogP contribution in [-0.4, -0.2) is 25.7 Å². The fourth-order valence-corrected chi connectivity index (χ4v) is 2.97. The molecule has 130 valence electrons. The number of fused-ring (bicyclic) bond motifs is 1. The van der Waals surface area contributed by atoms with E-state index >= 15 is 0 Å². The van der Waals surface area contributed by atoms with E-state index in [0.29, 0.717) is 22.9 Å². The Morgan fingerprint density at radius 1 is 1.19 bits per heavy atom. The first-order valence-corrected chi connectivity index (χ1v) is 7.97. The van der Waals surface area contributed by atoms with Gasteiger partial charge in [-0.15, -0.1) is 0 Å². The number of allylic oxidation sites excluding steroid dienone is 1. The minimum Gasteiger partial charge on any atom is -0.328 e. The molecule has 0 fully saturated rings. The smallest absolute Gasteiger partial charge is 0.255 e. The molecular formula is C18H15FN6O. The third-order valence-corrected chi connectivity index (χ3v) is 4.16. The monoisotopic (exact) mass is 350 g/mol. The van der Waals surface area contributed by atoms with Gasteiger partial charge in [0, 0.05) is 23.8 Å². The minimum absolute atomic E-state index is 0.301. The van der Waals surface area contributed by atoms with Crippen LogP contribution in [0.5, 0.6) is 0 Å². The lowest BCUT2D eigenvalue weighted by Gasteiger charge is -2.28. The van der Waals surface area contributed by atoms with E-state index in [0.717, 1.165) is 5.56 Å². The summed E-state index contributed by atoms with van der Waals surface area (Å²) in [4.78, 5) is 21.2. The van der Waals surface area contributed by atoms with Crippen LogP contribution in [-0.2, 0) is 4.79 Å². The molecule has 7 nitrogen and oxygen atoms in total. The number of carbonyl (C=O) groups is 1. The number of nitrogens with one attached hydrogen (secondary N) is 2. The van der Waals surface area contributed by atoms with E-state index < -0.39 is 6.04 Å². The Hall–Kier alpha value is -3.55. The summed E-state index contributed by atoms with van der Waals surface area (Å²) in [5.74, 6) is -0.105. The van der Waals surface area contributed by atoms with E-state index in [-0.39, 0.29) is 11.7 Å². The van der Waals surface area contributed by atoms with Crippen LogP contribution in [0.1, 0.15) is 18.5 Å². The maximum Gasteiger partial charge on any atom is 0.255 e. The van der Waals surface area contributed by atoms with E-state index in [1.54, 1.807) is 17.1 Å². The molecule has 4 rings (SSSR count). The maximum absolute atomic E-state index is 13.1. The lowest BCUT2D eigenvalue weighted by atomic mass is 9.96. The first-order chi connectivity index (χ1) is 12.6. The van der Waals surface area contributed by atoms with Gasteiger partial charge in [0.25, 0.3) is 5.91 Å². The van der Waals surface area contributed by atoms with Gasteiger partial charge in [-0.25, -0.2) is 9.07 Å². The van der Waals surface area contributed by atoms with Crippen LogP contribution >= 0.6 is 0 Å². The van der Waals surface area contributed by atoms with Crippen LogP contribution in [0.2, 0.25) is 0 Å². The zero-order chi connectivity index (χ0) is 18.1. The van der Waals surface area contributed by atoms with Crippen LogP contribution in [0.4, 0.5) is 16.0 Å². The second-order valence-electron chi connectivity index (χ2n) is 5.84. The normalized spacial score (nSPS) is 16.0. The summed E-state index contributed by atoms with van der Waals surface area (Å²) in [6.45, 7) is 1.81. The molecule has 0 bridgehead atoms. The summed E-state index contributed by atoms with van der Waals surface area (Å²) in [7, 11) is 0. The molecule has 0 saturated heterocycles. The van der Waals surface area contributed by atoms with E-state index in [9.17, 15) is 9.18 Å². The van der Waals surface area contributed by atoms with Crippen molar-refractivity contribution in [3.8, 4) is 0 Å². The Morgan fingerprint density at radius 3 is 2.65 bits per heavy atom. The number of pyridine rings is 1. The van der Waals surface area contributed by atoms with Crippen LogP contribution in [0.15, 0.2) is 66.4 Å². The Morgan fingerprint density at radius 2 is 1.92 bits per heavy atom. The van der Waals surface area contributed by atoms with Gasteiger partial charge in [-0.3, -0.25) is 9.78 Å². The standard InChI is InChI=1S/C18H15FN6O/c1-11-15(17(26)24-14-4-2-13(19)3-5-14)16(12-6-8-20-9-7-12)25-18(23-11)21-10-22-25/h2-10,16H,1H3,(H,24,26)(H,21,22,23). The predicted molar refractivity (Wildman–Crippen MR) is 93.8 cm³/mol. The molecule has 2 aromatic heterocycles. The Balaban J connectivity index is 1.74. The summed E-state index contributed by atoms with van der Waals surface area (Å²) < 4.78 is 14.8. The molecule has 0 saturated carbocycles. The molecule has 26 heavy (non-hydrogen) atoms. The molecule has 1 atom stereocenters. The molecule has 0 radical (unpaired) electrons. The first-order valence-electron chi connectivity index (χ1n) is 7.97. The third kappa shape index (κ3) is 2.81. The van der Waals surface area contributed by atoms with Crippen molar-refractivity contribution >= 4 is 17.5 Å². The molecule has 0 aliphatic carbocycles. The quantitative estimate of drug-likeness (QED) is 0.759. The zero-order valence-corrected chi connectivity index (χ0v) is 13.8. The molecule has 2 N–H and O–H groups in total. The number of rotatable bonds is 3. The van der Waals surface area contributed by atoms with Gasteiger partial charge < -0.3 is 10.6 Å². The molecule has 8 heteroatoms. The third-order valence-electron chi connectivity index (χ3n) is 4.16. The highest BCUT2D eigenvalue weighted by Crippen LogP contribution is 2.34. The Labute approximate surface area is 148 Å². The molecule has 1 aliphatic heterocycles. The molecule has 1 aromatic carbocycles. The SMILES string of the molecule is CC1=C(C(=O)Nc2ccc(F)cc2)C(c2ccncc2)n2ncnc2N1. The van der Waals surface area contributed by atoms with Crippen molar-refractivity contribution in [1.29, 1.82) is 0 Å². The second-order valence-corrected chi connectivity index (χ2v) is 5.84. The molecule has 3 aromatic rings. The number of aromatic nitrogens is 4. The van der Waals surface area contributed by atoms with Gasteiger partial charge >= 0.3 is 0 Å². The lowest BCUT2D eigenvalue weighted by molar-refractivity contribution is -0.113. The molecule has 1 aliphatic rings. The topological polar surface area (TPSA) is 84.7 Å². The number of anilines is 2. The zero-order valence-electron chi connectivity index (χ0n) is 13.8. The van der Waals surface area contributed by atoms with E-state index in [4.69, 9.17) is 0 Å². The van der Waals surface area contributed by atoms with Crippen LogP contribution < -0.4 is 10.6 Å². The van der Waals surface area contributed by atoms with Crippen molar-refractivity contribution in [3.63, 3.8) is 0 Å². The summed E-state index contributed by atoms with van der Waals surface area (Å²) in [6, 6.07) is 8.85. The summed E-state index contributed by atoms with van der Waals surface area (Å²) >= 11 is 0. The second kappa shape index (κ2) is 6.40. The summed E-state index contributed by atoms with van der Waals surface area (Å²) in [6.07, 6.45) is 4.77. The highest BCUT2D eigenvalue weighted by molar-refractivity contribution is 6.05. The molecular weight excluding hydrogens is 335 g/mol. The molecule has 0 spiro atoms. The van der Waals surface area contributed by atoms with Gasteiger partial charge in [0.1, 0.15) is 18.2 Å². The highest BCUT2D eigenvalue weighted by atomic mass is 19.1. The molecule has 1 amide bonds. The average Bonchev–Trinajstić information content (AvgIpc) is 3.11. The first kappa shape index (κ1) is 15.9. The number of hydrogen-bond acceptors (Lipinski definition) is 5. The number of benzene rings is 1. The summed E-state index contributed by atoms with van der Waals surface area (Å²) in [5, 5.41) is 10.2. The van der Waals surface area contributed by atoms with Crippen molar-refractivity contribution in [3.05, 3.63) is 77.8 Å². The van der Waals surface area contributed by atoms with E-state index in [2.05, 4.69) is 25.7 Å². The number of halogens is 1. The molecule has 3 heterocycles. The number of carbonyl (C=O) groups excluding carboxylic acids is 1. The lowest BCUT2D eigenvalue weighted by Crippen LogP contribution is -2.31. The fraction of sp³-hybridized carbons (Fsp3) is 0.111. The van der Waals surface area contributed by atoms with Crippen molar-refractivity contribution < 1.29 is 9.18 Å². The van der Waals surface area contributed by atoms with E-state index in [1.807, 2.05) is 19.1 Å². The fourth-order valence-electron chi connectivity index (χ4n) is 2.97. The van der Waals surface area contributed by atoms with Gasteiger partial charge in [0.15, 0.2) is 0 Å². The number of hydrogen-bond donors (Lipinski definition) is 2. The van der Waals surface area contributed by atoms with Crippen molar-refractivity contribution in [2.45, 2.75) is 13.0 Å². The van der Waals surface area contributed by atoms with Gasteiger partial charge in [-0.1, -0.05) is 0 Å². The van der Waals surface area contributed by atoms with Gasteiger partial charge in [-0.2, -0.15) is 10.1 Å². The highest BCUT2D eigenvalue weighted by Gasteiger charge is 2.33. The van der Waals surface area contributed by atoms with Crippen LogP contribution in [0, 0.1) is 5.82 Å². The average molecular weight is 350 g/mol. The van der Waals surface area contributed by atoms with E-state index in [1.165, 1.54) is 30.6 Å². The largest absolute Gasteiger partial charge is 0.328 e. The summed E-state index contributed by atoms with van der Waals surface area (Å²) in [5.41, 5.74) is 2.54. The van der Waals surface area contributed by atoms with Crippen LogP contribution in [0.3, 0.4) is 0 Å². The van der Waals surface area contributed by atoms with Gasteiger partial charge in [0.05, 0.1) is 5.57 Å². The molecule has 1 unspecified atom stereocenters. The van der Waals surface area contributed by atoms with Gasteiger partial charge in [0.2, 0.25) is 5.95 Å². The maximum atomic E-state index is 13.1. The van der Waals surface area contributed by atoms with Crippen molar-refractivity contribution in [1.82, 2.24) is 19.7 Å². The number of amides is 1. The number of nitrogens with zero attached hydrogens (tertiary/aromatic N) is 4. The van der Waals surface area contributed by atoms with Crippen molar-refractivity contribution in [2.75, 3.05) is 10.6 Å². The predicted octanol–water partition coefficient (Wildman–Crippen LogP) is 2.74. The van der Waals surface area contributed by atoms with Crippen LogP contribution in [0.25, 0.3) is 0 Å². The minimum atomic E-state index is -0.447. The van der Waals surface area contributed by atoms with Gasteiger partial charge in [-0.05, 0) is 48.9 Å².